The van der Waals surface area contributed by atoms with E-state index in [9.17, 15) is 18.0 Å². The number of ether oxygens (including phenoxy) is 2. The van der Waals surface area contributed by atoms with Crippen molar-refractivity contribution in [2.24, 2.45) is 0 Å². The molecule has 3 aromatic rings. The van der Waals surface area contributed by atoms with Gasteiger partial charge in [-0.25, -0.2) is 8.42 Å². The lowest BCUT2D eigenvalue weighted by Crippen LogP contribution is -2.38. The highest BCUT2D eigenvalue weighted by atomic mass is 32.2. The highest BCUT2D eigenvalue weighted by Crippen LogP contribution is 2.33. The number of amides is 2. The number of nitrogens with one attached hydrogen (secondary N) is 1. The van der Waals surface area contributed by atoms with Gasteiger partial charge in [-0.05, 0) is 75.2 Å². The molecule has 0 aliphatic carbocycles. The van der Waals surface area contributed by atoms with Crippen LogP contribution in [-0.2, 0) is 14.8 Å². The van der Waals surface area contributed by atoms with E-state index in [1.165, 1.54) is 32.4 Å². The van der Waals surface area contributed by atoms with Crippen LogP contribution in [0, 0.1) is 13.8 Å². The Morgan fingerprint density at radius 3 is 2.05 bits per heavy atom. The number of anilines is 2. The van der Waals surface area contributed by atoms with E-state index in [2.05, 4.69) is 5.32 Å². The molecule has 0 bridgehead atoms. The van der Waals surface area contributed by atoms with E-state index in [0.29, 0.717) is 35.8 Å². The van der Waals surface area contributed by atoms with E-state index in [1.54, 1.807) is 41.3 Å². The summed E-state index contributed by atoms with van der Waals surface area (Å²) in [4.78, 5) is 28.0. The molecule has 208 valence electrons. The first-order valence-corrected chi connectivity index (χ1v) is 14.0. The van der Waals surface area contributed by atoms with Crippen molar-refractivity contribution in [3.05, 3.63) is 77.4 Å². The molecule has 0 saturated carbocycles. The predicted molar refractivity (Wildman–Crippen MR) is 152 cm³/mol. The van der Waals surface area contributed by atoms with Crippen molar-refractivity contribution >= 4 is 33.2 Å². The van der Waals surface area contributed by atoms with E-state index in [0.717, 1.165) is 15.4 Å². The molecular formula is C29H35N3O6S. The van der Waals surface area contributed by atoms with E-state index in [4.69, 9.17) is 9.47 Å². The normalized spacial score (nSPS) is 11.0. The van der Waals surface area contributed by atoms with Crippen molar-refractivity contribution in [2.75, 3.05) is 43.5 Å². The second-order valence-corrected chi connectivity index (χ2v) is 10.8. The molecule has 0 spiro atoms. The van der Waals surface area contributed by atoms with Crippen LogP contribution in [-0.4, -0.2) is 59.0 Å². The third kappa shape index (κ3) is 6.69. The summed E-state index contributed by atoms with van der Waals surface area (Å²) in [6, 6.07) is 16.3. The highest BCUT2D eigenvalue weighted by molar-refractivity contribution is 7.92. The summed E-state index contributed by atoms with van der Waals surface area (Å²) in [5.74, 6) is -0.202. The highest BCUT2D eigenvalue weighted by Gasteiger charge is 2.29. The fourth-order valence-electron chi connectivity index (χ4n) is 4.29. The number of aryl methyl sites for hydroxylation is 2. The first-order valence-electron chi connectivity index (χ1n) is 12.6. The minimum atomic E-state index is -4.22. The van der Waals surface area contributed by atoms with Crippen LogP contribution in [0.3, 0.4) is 0 Å². The minimum absolute atomic E-state index is 0.0655. The average molecular weight is 554 g/mol. The maximum atomic E-state index is 13.9. The molecule has 0 aliphatic rings. The van der Waals surface area contributed by atoms with Gasteiger partial charge in [-0.1, -0.05) is 18.2 Å². The van der Waals surface area contributed by atoms with Crippen LogP contribution in [0.25, 0.3) is 0 Å². The van der Waals surface area contributed by atoms with Crippen molar-refractivity contribution in [3.8, 4) is 11.5 Å². The standard InChI is InChI=1S/C29H35N3O6S/c1-7-31(8-2)29(34)24-11-9-10-12-25(24)30-28(33)19-32(22-16-20(3)15-21(4)17-22)39(35,36)23-13-14-26(37-5)27(18-23)38-6/h9-18H,7-8,19H2,1-6H3,(H,30,33). The van der Waals surface area contributed by atoms with Crippen LogP contribution >= 0.6 is 0 Å². The van der Waals surface area contributed by atoms with E-state index in [-0.39, 0.29) is 16.6 Å². The number of para-hydroxylation sites is 1. The maximum absolute atomic E-state index is 13.9. The quantitative estimate of drug-likeness (QED) is 0.371. The van der Waals surface area contributed by atoms with Crippen molar-refractivity contribution in [1.29, 1.82) is 0 Å². The monoisotopic (exact) mass is 553 g/mol. The lowest BCUT2D eigenvalue weighted by molar-refractivity contribution is -0.114. The molecule has 39 heavy (non-hydrogen) atoms. The van der Waals surface area contributed by atoms with Crippen LogP contribution in [0.5, 0.6) is 11.5 Å². The van der Waals surface area contributed by atoms with Gasteiger partial charge in [-0.15, -0.1) is 0 Å². The number of carbonyl (C=O) groups excluding carboxylic acids is 2. The third-order valence-electron chi connectivity index (χ3n) is 6.21. The zero-order valence-corrected chi connectivity index (χ0v) is 24.0. The smallest absolute Gasteiger partial charge is 0.264 e. The van der Waals surface area contributed by atoms with Gasteiger partial charge in [0.2, 0.25) is 5.91 Å². The Hall–Kier alpha value is -4.05. The van der Waals surface area contributed by atoms with Crippen molar-refractivity contribution in [1.82, 2.24) is 4.90 Å². The zero-order chi connectivity index (χ0) is 28.7. The molecule has 10 heteroatoms. The summed E-state index contributed by atoms with van der Waals surface area (Å²) in [6.45, 7) is 7.98. The molecule has 9 nitrogen and oxygen atoms in total. The number of methoxy groups -OCH3 is 2. The van der Waals surface area contributed by atoms with Gasteiger partial charge in [0.15, 0.2) is 11.5 Å². The molecule has 0 aromatic heterocycles. The fraction of sp³-hybridized carbons (Fsp3) is 0.310. The van der Waals surface area contributed by atoms with E-state index >= 15 is 0 Å². The molecule has 1 N–H and O–H groups in total. The van der Waals surface area contributed by atoms with Crippen LogP contribution in [0.2, 0.25) is 0 Å². The van der Waals surface area contributed by atoms with Gasteiger partial charge in [0.05, 0.1) is 36.1 Å². The van der Waals surface area contributed by atoms with Gasteiger partial charge in [-0.3, -0.25) is 13.9 Å². The van der Waals surface area contributed by atoms with Crippen molar-refractivity contribution < 1.29 is 27.5 Å². The molecular weight excluding hydrogens is 518 g/mol. The molecule has 0 unspecified atom stereocenters. The number of hydrogen-bond donors (Lipinski definition) is 1. The molecule has 3 rings (SSSR count). The van der Waals surface area contributed by atoms with Gasteiger partial charge < -0.3 is 19.7 Å². The van der Waals surface area contributed by atoms with E-state index in [1.807, 2.05) is 33.8 Å². The van der Waals surface area contributed by atoms with Gasteiger partial charge in [-0.2, -0.15) is 0 Å². The SMILES string of the molecule is CCN(CC)C(=O)c1ccccc1NC(=O)CN(c1cc(C)cc(C)c1)S(=O)(=O)c1ccc(OC)c(OC)c1. The summed E-state index contributed by atoms with van der Waals surface area (Å²) in [7, 11) is -1.34. The van der Waals surface area contributed by atoms with Gasteiger partial charge in [0, 0.05) is 19.2 Å². The van der Waals surface area contributed by atoms with Crippen LogP contribution < -0.4 is 19.1 Å². The molecule has 3 aromatic carbocycles. The first kappa shape index (κ1) is 29.5. The third-order valence-corrected chi connectivity index (χ3v) is 7.98. The second-order valence-electron chi connectivity index (χ2n) is 8.95. The molecule has 0 aliphatic heterocycles. The Bertz CT molecular complexity index is 1430. The van der Waals surface area contributed by atoms with Gasteiger partial charge in [0.1, 0.15) is 6.54 Å². The Morgan fingerprint density at radius 2 is 1.46 bits per heavy atom. The summed E-state index contributed by atoms with van der Waals surface area (Å²) < 4.78 is 39.5. The number of sulfonamides is 1. The molecule has 0 atom stereocenters. The Kier molecular flexibility index (Phi) is 9.58. The summed E-state index contributed by atoms with van der Waals surface area (Å²) in [6.07, 6.45) is 0. The first-order chi connectivity index (χ1) is 18.5. The number of carbonyl (C=O) groups is 2. The van der Waals surface area contributed by atoms with Crippen LogP contribution in [0.4, 0.5) is 11.4 Å². The number of nitrogens with zero attached hydrogens (tertiary/aromatic N) is 2. The number of benzene rings is 3. The van der Waals surface area contributed by atoms with Gasteiger partial charge >= 0.3 is 0 Å². The minimum Gasteiger partial charge on any atom is -0.493 e. The molecule has 0 fully saturated rings. The lowest BCUT2D eigenvalue weighted by atomic mass is 10.1. The lowest BCUT2D eigenvalue weighted by Gasteiger charge is -2.26. The molecule has 2 amide bonds. The van der Waals surface area contributed by atoms with Crippen LogP contribution in [0.15, 0.2) is 65.6 Å². The zero-order valence-electron chi connectivity index (χ0n) is 23.1. The molecule has 0 radical (unpaired) electrons. The largest absolute Gasteiger partial charge is 0.493 e. The summed E-state index contributed by atoms with van der Waals surface area (Å²) in [5, 5.41) is 2.75. The van der Waals surface area contributed by atoms with Crippen LogP contribution in [0.1, 0.15) is 35.3 Å². The predicted octanol–water partition coefficient (Wildman–Crippen LogP) is 4.64. The average Bonchev–Trinajstić information content (AvgIpc) is 2.91. The Morgan fingerprint density at radius 1 is 0.846 bits per heavy atom. The maximum Gasteiger partial charge on any atom is 0.264 e. The Balaban J connectivity index is 2.03. The topological polar surface area (TPSA) is 105 Å². The summed E-state index contributed by atoms with van der Waals surface area (Å²) in [5.41, 5.74) is 2.66. The van der Waals surface area contributed by atoms with Crippen molar-refractivity contribution in [2.45, 2.75) is 32.6 Å². The summed E-state index contributed by atoms with van der Waals surface area (Å²) >= 11 is 0. The second kappa shape index (κ2) is 12.7. The molecule has 0 heterocycles. The van der Waals surface area contributed by atoms with Crippen molar-refractivity contribution in [3.63, 3.8) is 0 Å². The Labute approximate surface area is 230 Å². The van der Waals surface area contributed by atoms with Gasteiger partial charge in [0.25, 0.3) is 15.9 Å². The fourth-order valence-corrected chi connectivity index (χ4v) is 5.71. The van der Waals surface area contributed by atoms with E-state index < -0.39 is 22.5 Å². The number of rotatable bonds is 11. The molecule has 0 saturated heterocycles. The number of hydrogen-bond acceptors (Lipinski definition) is 6.